The van der Waals surface area contributed by atoms with Gasteiger partial charge in [-0.25, -0.2) is 4.79 Å². The zero-order chi connectivity index (χ0) is 20.9. The average Bonchev–Trinajstić information content (AvgIpc) is 2.73. The minimum Gasteiger partial charge on any atom is -0.356 e. The van der Waals surface area contributed by atoms with E-state index < -0.39 is 0 Å². The van der Waals surface area contributed by atoms with Gasteiger partial charge in [-0.05, 0) is 43.5 Å². The molecule has 0 radical (unpaired) electrons. The maximum Gasteiger partial charge on any atom is 0.326 e. The summed E-state index contributed by atoms with van der Waals surface area (Å²) in [5.41, 5.74) is 2.66. The average molecular weight is 396 g/mol. The van der Waals surface area contributed by atoms with Gasteiger partial charge in [0.1, 0.15) is 0 Å². The van der Waals surface area contributed by atoms with Crippen molar-refractivity contribution in [3.8, 4) is 0 Å². The number of hydrogen-bond donors (Lipinski definition) is 2. The summed E-state index contributed by atoms with van der Waals surface area (Å²) in [5.74, 6) is 0.0942. The highest BCUT2D eigenvalue weighted by Crippen LogP contribution is 2.18. The van der Waals surface area contributed by atoms with E-state index in [1.54, 1.807) is 4.90 Å². The molecule has 0 aromatic heterocycles. The monoisotopic (exact) mass is 395 g/mol. The molecule has 3 amide bonds. The zero-order valence-electron chi connectivity index (χ0n) is 17.6. The van der Waals surface area contributed by atoms with Crippen LogP contribution in [0, 0.1) is 6.92 Å². The van der Waals surface area contributed by atoms with Crippen LogP contribution in [-0.4, -0.2) is 25.0 Å². The molecule has 156 valence electrons. The van der Waals surface area contributed by atoms with Gasteiger partial charge in [0.15, 0.2) is 0 Å². The Labute approximate surface area is 174 Å². The van der Waals surface area contributed by atoms with E-state index in [1.807, 2.05) is 61.5 Å². The summed E-state index contributed by atoms with van der Waals surface area (Å²) >= 11 is 0. The molecule has 0 bridgehead atoms. The van der Waals surface area contributed by atoms with Crippen molar-refractivity contribution in [2.45, 2.75) is 52.4 Å². The maximum absolute atomic E-state index is 12.9. The molecule has 29 heavy (non-hydrogen) atoms. The molecule has 0 aliphatic rings. The summed E-state index contributed by atoms with van der Waals surface area (Å²) in [6.45, 7) is 5.22. The number of carbonyl (C=O) groups is 2. The number of anilines is 2. The molecule has 5 heteroatoms. The smallest absolute Gasteiger partial charge is 0.326 e. The van der Waals surface area contributed by atoms with E-state index in [0.29, 0.717) is 25.9 Å². The SMILES string of the molecule is CCCCCCC(=O)NCCCN(C(=O)Nc1ccccc1C)c1ccccc1. The van der Waals surface area contributed by atoms with Gasteiger partial charge in [-0.1, -0.05) is 62.6 Å². The third kappa shape index (κ3) is 7.98. The Morgan fingerprint density at radius 3 is 2.34 bits per heavy atom. The van der Waals surface area contributed by atoms with Crippen molar-refractivity contribution in [3.63, 3.8) is 0 Å². The molecule has 2 N–H and O–H groups in total. The van der Waals surface area contributed by atoms with Crippen molar-refractivity contribution in [1.29, 1.82) is 0 Å². The minimum atomic E-state index is -0.170. The van der Waals surface area contributed by atoms with E-state index in [0.717, 1.165) is 29.8 Å². The third-order valence-electron chi connectivity index (χ3n) is 4.84. The van der Waals surface area contributed by atoms with Crippen molar-refractivity contribution in [2.24, 2.45) is 0 Å². The van der Waals surface area contributed by atoms with Gasteiger partial charge in [0, 0.05) is 30.9 Å². The minimum absolute atomic E-state index is 0.0942. The predicted molar refractivity (Wildman–Crippen MR) is 120 cm³/mol. The highest BCUT2D eigenvalue weighted by molar-refractivity contribution is 6.02. The molecule has 0 aliphatic carbocycles. The molecule has 5 nitrogen and oxygen atoms in total. The number of benzene rings is 2. The van der Waals surface area contributed by atoms with E-state index in [-0.39, 0.29) is 11.9 Å². The van der Waals surface area contributed by atoms with Gasteiger partial charge in [-0.2, -0.15) is 0 Å². The topological polar surface area (TPSA) is 61.4 Å². The number of amides is 3. The number of nitrogens with one attached hydrogen (secondary N) is 2. The fourth-order valence-corrected chi connectivity index (χ4v) is 3.12. The Balaban J connectivity index is 1.88. The number of urea groups is 1. The van der Waals surface area contributed by atoms with Crippen LogP contribution in [0.1, 0.15) is 51.0 Å². The van der Waals surface area contributed by atoms with E-state index in [9.17, 15) is 9.59 Å². The van der Waals surface area contributed by atoms with Gasteiger partial charge in [-0.3, -0.25) is 9.69 Å². The summed E-state index contributed by atoms with van der Waals surface area (Å²) in [4.78, 5) is 26.6. The summed E-state index contributed by atoms with van der Waals surface area (Å²) in [5, 5.41) is 5.96. The molecule has 0 atom stereocenters. The molecule has 0 unspecified atom stereocenters. The summed E-state index contributed by atoms with van der Waals surface area (Å²) in [6.07, 6.45) is 5.66. The van der Waals surface area contributed by atoms with Crippen LogP contribution < -0.4 is 15.5 Å². The van der Waals surface area contributed by atoms with Crippen LogP contribution in [0.2, 0.25) is 0 Å². The van der Waals surface area contributed by atoms with Crippen LogP contribution >= 0.6 is 0 Å². The van der Waals surface area contributed by atoms with Crippen molar-refractivity contribution in [2.75, 3.05) is 23.3 Å². The summed E-state index contributed by atoms with van der Waals surface area (Å²) < 4.78 is 0. The highest BCUT2D eigenvalue weighted by atomic mass is 16.2. The lowest BCUT2D eigenvalue weighted by Crippen LogP contribution is -2.37. The first-order valence-electron chi connectivity index (χ1n) is 10.6. The van der Waals surface area contributed by atoms with Gasteiger partial charge in [0.25, 0.3) is 0 Å². The van der Waals surface area contributed by atoms with Gasteiger partial charge in [0.05, 0.1) is 0 Å². The molecule has 0 spiro atoms. The fourth-order valence-electron chi connectivity index (χ4n) is 3.12. The van der Waals surface area contributed by atoms with Crippen LogP contribution in [0.5, 0.6) is 0 Å². The first-order chi connectivity index (χ1) is 14.1. The quantitative estimate of drug-likeness (QED) is 0.493. The number of hydrogen-bond acceptors (Lipinski definition) is 2. The van der Waals surface area contributed by atoms with Crippen LogP contribution in [0.15, 0.2) is 54.6 Å². The second kappa shape index (κ2) is 12.6. The molecule has 2 rings (SSSR count). The molecule has 2 aromatic carbocycles. The van der Waals surface area contributed by atoms with Crippen LogP contribution in [0.25, 0.3) is 0 Å². The molecular weight excluding hydrogens is 362 g/mol. The largest absolute Gasteiger partial charge is 0.356 e. The molecule has 0 saturated heterocycles. The fraction of sp³-hybridized carbons (Fsp3) is 0.417. The molecule has 0 heterocycles. The number of para-hydroxylation sites is 2. The first kappa shape index (κ1) is 22.5. The van der Waals surface area contributed by atoms with Gasteiger partial charge >= 0.3 is 6.03 Å². The molecule has 0 saturated carbocycles. The lowest BCUT2D eigenvalue weighted by molar-refractivity contribution is -0.121. The van der Waals surface area contributed by atoms with E-state index in [1.165, 1.54) is 12.8 Å². The Bertz CT molecular complexity index is 762. The number of unbranched alkanes of at least 4 members (excludes halogenated alkanes) is 3. The second-order valence-corrected chi connectivity index (χ2v) is 7.25. The van der Waals surface area contributed by atoms with Crippen LogP contribution in [-0.2, 0) is 4.79 Å². The van der Waals surface area contributed by atoms with E-state index >= 15 is 0 Å². The normalized spacial score (nSPS) is 10.4. The van der Waals surface area contributed by atoms with Crippen LogP contribution in [0.3, 0.4) is 0 Å². The maximum atomic E-state index is 12.9. The van der Waals surface area contributed by atoms with Crippen molar-refractivity contribution in [3.05, 3.63) is 60.2 Å². The Hall–Kier alpha value is -2.82. The van der Waals surface area contributed by atoms with Crippen molar-refractivity contribution < 1.29 is 9.59 Å². The first-order valence-corrected chi connectivity index (χ1v) is 10.6. The Kier molecular flexibility index (Phi) is 9.76. The second-order valence-electron chi connectivity index (χ2n) is 7.25. The lowest BCUT2D eigenvalue weighted by atomic mass is 10.1. The summed E-state index contributed by atoms with van der Waals surface area (Å²) in [6, 6.07) is 17.2. The highest BCUT2D eigenvalue weighted by Gasteiger charge is 2.16. The van der Waals surface area contributed by atoms with Crippen molar-refractivity contribution in [1.82, 2.24) is 5.32 Å². The molecule has 0 aliphatic heterocycles. The molecule has 0 fully saturated rings. The van der Waals surface area contributed by atoms with Crippen LogP contribution in [0.4, 0.5) is 16.2 Å². The van der Waals surface area contributed by atoms with E-state index in [4.69, 9.17) is 0 Å². The Morgan fingerprint density at radius 2 is 1.62 bits per heavy atom. The number of nitrogens with zero attached hydrogens (tertiary/aromatic N) is 1. The van der Waals surface area contributed by atoms with Gasteiger partial charge < -0.3 is 10.6 Å². The lowest BCUT2D eigenvalue weighted by Gasteiger charge is -2.24. The predicted octanol–water partition coefficient (Wildman–Crippen LogP) is 5.51. The number of rotatable bonds is 11. The number of aryl methyl sites for hydroxylation is 1. The Morgan fingerprint density at radius 1 is 0.897 bits per heavy atom. The van der Waals surface area contributed by atoms with Gasteiger partial charge in [0.2, 0.25) is 5.91 Å². The number of carbonyl (C=O) groups excluding carboxylic acids is 2. The van der Waals surface area contributed by atoms with Gasteiger partial charge in [-0.15, -0.1) is 0 Å². The standard InChI is InChI=1S/C24H33N3O2/c1-3-4-5-9-17-23(28)25-18-12-19-27(21-14-7-6-8-15-21)24(29)26-22-16-11-10-13-20(22)2/h6-8,10-11,13-16H,3-5,9,12,17-19H2,1-2H3,(H,25,28)(H,26,29). The molecular formula is C24H33N3O2. The summed E-state index contributed by atoms with van der Waals surface area (Å²) in [7, 11) is 0. The zero-order valence-corrected chi connectivity index (χ0v) is 17.6. The van der Waals surface area contributed by atoms with E-state index in [2.05, 4.69) is 17.6 Å². The molecule has 2 aromatic rings. The third-order valence-corrected chi connectivity index (χ3v) is 4.84. The van der Waals surface area contributed by atoms with Crippen molar-refractivity contribution >= 4 is 23.3 Å².